The zero-order valence-corrected chi connectivity index (χ0v) is 21.7. The Morgan fingerprint density at radius 1 is 0.868 bits per heavy atom. The third kappa shape index (κ3) is 4.36. The van der Waals surface area contributed by atoms with Gasteiger partial charge in [-0.2, -0.15) is 0 Å². The maximum atomic E-state index is 13.3. The van der Waals surface area contributed by atoms with Gasteiger partial charge in [-0.05, 0) is 68.4 Å². The number of esters is 1. The number of hydrogen-bond donors (Lipinski definition) is 1. The number of carbonyl (C=O) groups is 2. The Bertz CT molecular complexity index is 1430. The van der Waals surface area contributed by atoms with Gasteiger partial charge in [0.15, 0.2) is 0 Å². The molecule has 1 atom stereocenters. The SMILES string of the molecule is CCN(CC)c1ccc(C2(N(c3ccccc3)c3ccc(NC(C)=O)cc3)OC(=O)c3cnccc32)cc1. The fourth-order valence-electron chi connectivity index (χ4n) is 5.08. The van der Waals surface area contributed by atoms with E-state index in [-0.39, 0.29) is 5.91 Å². The molecule has 1 amide bonds. The minimum absolute atomic E-state index is 0.145. The van der Waals surface area contributed by atoms with Crippen LogP contribution in [0.4, 0.5) is 22.7 Å². The van der Waals surface area contributed by atoms with Crippen LogP contribution >= 0.6 is 0 Å². The number of fused-ring (bicyclic) bond motifs is 1. The maximum Gasteiger partial charge on any atom is 0.342 e. The Hall–Kier alpha value is -4.65. The van der Waals surface area contributed by atoms with Gasteiger partial charge in [-0.25, -0.2) is 4.79 Å². The first-order valence-electron chi connectivity index (χ1n) is 12.7. The van der Waals surface area contributed by atoms with Crippen molar-refractivity contribution in [3.8, 4) is 0 Å². The molecule has 2 heterocycles. The highest BCUT2D eigenvalue weighted by atomic mass is 16.6. The first-order chi connectivity index (χ1) is 18.5. The number of nitrogens with one attached hydrogen (secondary N) is 1. The quantitative estimate of drug-likeness (QED) is 0.291. The summed E-state index contributed by atoms with van der Waals surface area (Å²) in [5, 5.41) is 2.82. The fraction of sp³-hybridized carbons (Fsp3) is 0.194. The average molecular weight is 507 g/mol. The van der Waals surface area contributed by atoms with Crippen LogP contribution < -0.4 is 15.1 Å². The number of anilines is 4. The van der Waals surface area contributed by atoms with Crippen LogP contribution in [-0.4, -0.2) is 29.9 Å². The van der Waals surface area contributed by atoms with Gasteiger partial charge in [0.1, 0.15) is 0 Å². The zero-order chi connectivity index (χ0) is 26.7. The van der Waals surface area contributed by atoms with Gasteiger partial charge < -0.3 is 15.0 Å². The molecule has 0 bridgehead atoms. The standard InChI is InChI=1S/C31H30N4O3/c1-4-34(5-2)25-15-11-23(12-16-25)31(29-19-20-32-21-28(29)30(37)38-31)35(26-9-7-6-8-10-26)27-17-13-24(14-18-27)33-22(3)36/h6-21H,4-5H2,1-3H3,(H,33,36). The normalized spacial score (nSPS) is 15.9. The number of nitrogens with zero attached hydrogens (tertiary/aromatic N) is 3. The summed E-state index contributed by atoms with van der Waals surface area (Å²) < 4.78 is 6.39. The molecule has 38 heavy (non-hydrogen) atoms. The van der Waals surface area contributed by atoms with Crippen LogP contribution in [0.3, 0.4) is 0 Å². The lowest BCUT2D eigenvalue weighted by molar-refractivity contribution is -0.114. The van der Waals surface area contributed by atoms with E-state index in [1.807, 2.05) is 77.7 Å². The molecule has 4 aromatic rings. The molecule has 0 saturated carbocycles. The second-order valence-corrected chi connectivity index (χ2v) is 9.07. The number of ether oxygens (including phenoxy) is 1. The Labute approximate surface area is 222 Å². The number of carbonyl (C=O) groups excluding carboxylic acids is 2. The summed E-state index contributed by atoms with van der Waals surface area (Å²) in [6.07, 6.45) is 3.25. The summed E-state index contributed by atoms with van der Waals surface area (Å²) in [5.74, 6) is -0.578. The molecule has 1 N–H and O–H groups in total. The van der Waals surface area contributed by atoms with Crippen molar-refractivity contribution < 1.29 is 14.3 Å². The predicted octanol–water partition coefficient (Wildman–Crippen LogP) is 6.10. The van der Waals surface area contributed by atoms with E-state index in [0.717, 1.165) is 35.7 Å². The Morgan fingerprint density at radius 2 is 1.50 bits per heavy atom. The van der Waals surface area contributed by atoms with Gasteiger partial charge in [0.2, 0.25) is 11.6 Å². The van der Waals surface area contributed by atoms with Gasteiger partial charge in [0, 0.05) is 66.3 Å². The highest BCUT2D eigenvalue weighted by molar-refractivity contribution is 5.96. The Balaban J connectivity index is 1.75. The van der Waals surface area contributed by atoms with Gasteiger partial charge >= 0.3 is 5.97 Å². The smallest absolute Gasteiger partial charge is 0.342 e. The molecule has 0 saturated heterocycles. The van der Waals surface area contributed by atoms with Gasteiger partial charge in [-0.15, -0.1) is 0 Å². The van der Waals surface area contributed by atoms with Crippen molar-refractivity contribution >= 4 is 34.6 Å². The van der Waals surface area contributed by atoms with Gasteiger partial charge in [-0.3, -0.25) is 14.7 Å². The van der Waals surface area contributed by atoms with Crippen molar-refractivity contribution in [3.63, 3.8) is 0 Å². The summed E-state index contributed by atoms with van der Waals surface area (Å²) in [6.45, 7) is 7.51. The van der Waals surface area contributed by atoms with Crippen LogP contribution in [0.25, 0.3) is 0 Å². The number of hydrogen-bond acceptors (Lipinski definition) is 6. The molecule has 0 spiro atoms. The van der Waals surface area contributed by atoms with Gasteiger partial charge in [0.25, 0.3) is 0 Å². The first-order valence-corrected chi connectivity index (χ1v) is 12.7. The van der Waals surface area contributed by atoms with Crippen LogP contribution in [0.1, 0.15) is 42.3 Å². The third-order valence-corrected chi connectivity index (χ3v) is 6.81. The van der Waals surface area contributed by atoms with E-state index in [2.05, 4.69) is 41.2 Å². The van der Waals surface area contributed by atoms with Crippen molar-refractivity contribution in [2.75, 3.05) is 28.2 Å². The molecule has 5 rings (SSSR count). The van der Waals surface area contributed by atoms with Crippen molar-refractivity contribution in [3.05, 3.63) is 114 Å². The van der Waals surface area contributed by atoms with Gasteiger partial charge in [-0.1, -0.05) is 30.3 Å². The highest BCUT2D eigenvalue weighted by Gasteiger charge is 2.52. The van der Waals surface area contributed by atoms with Gasteiger partial charge in [0.05, 0.1) is 5.56 Å². The van der Waals surface area contributed by atoms with E-state index in [1.54, 1.807) is 12.4 Å². The zero-order valence-electron chi connectivity index (χ0n) is 21.7. The molecule has 1 aromatic heterocycles. The van der Waals surface area contributed by atoms with Crippen molar-refractivity contribution in [2.45, 2.75) is 26.5 Å². The number of amides is 1. The molecule has 1 aliphatic heterocycles. The number of cyclic esters (lactones) is 1. The molecule has 3 aromatic carbocycles. The van der Waals surface area contributed by atoms with E-state index < -0.39 is 11.7 Å². The number of para-hydroxylation sites is 1. The first kappa shape index (κ1) is 25.0. The molecule has 7 nitrogen and oxygen atoms in total. The predicted molar refractivity (Wildman–Crippen MR) is 150 cm³/mol. The summed E-state index contributed by atoms with van der Waals surface area (Å²) in [6, 6.07) is 27.4. The lowest BCUT2D eigenvalue weighted by atomic mass is 9.90. The molecule has 0 fully saturated rings. The highest BCUT2D eigenvalue weighted by Crippen LogP contribution is 2.50. The van der Waals surface area contributed by atoms with E-state index in [9.17, 15) is 9.59 Å². The Morgan fingerprint density at radius 3 is 2.13 bits per heavy atom. The number of rotatable bonds is 8. The molecular formula is C31H30N4O3. The summed E-state index contributed by atoms with van der Waals surface area (Å²) in [4.78, 5) is 33.4. The summed E-state index contributed by atoms with van der Waals surface area (Å²) >= 11 is 0. The topological polar surface area (TPSA) is 74.8 Å². The molecular weight excluding hydrogens is 476 g/mol. The largest absolute Gasteiger partial charge is 0.426 e. The fourth-order valence-corrected chi connectivity index (χ4v) is 5.08. The van der Waals surface area contributed by atoms with Crippen molar-refractivity contribution in [1.82, 2.24) is 4.98 Å². The molecule has 7 heteroatoms. The molecule has 0 radical (unpaired) electrons. The van der Waals surface area contributed by atoms with Crippen molar-refractivity contribution in [1.29, 1.82) is 0 Å². The summed E-state index contributed by atoms with van der Waals surface area (Å²) in [7, 11) is 0. The van der Waals surface area contributed by atoms with Crippen LogP contribution in [-0.2, 0) is 15.3 Å². The van der Waals surface area contributed by atoms with E-state index in [4.69, 9.17) is 4.74 Å². The average Bonchev–Trinajstić information content (AvgIpc) is 3.24. The van der Waals surface area contributed by atoms with Crippen molar-refractivity contribution in [2.24, 2.45) is 0 Å². The minimum Gasteiger partial charge on any atom is -0.426 e. The lowest BCUT2D eigenvalue weighted by Gasteiger charge is -2.42. The van der Waals surface area contributed by atoms with Crippen LogP contribution in [0.2, 0.25) is 0 Å². The number of pyridine rings is 1. The van der Waals surface area contributed by atoms with E-state index in [1.165, 1.54) is 6.92 Å². The second-order valence-electron chi connectivity index (χ2n) is 9.07. The monoisotopic (exact) mass is 506 g/mol. The summed E-state index contributed by atoms with van der Waals surface area (Å²) in [5.41, 5.74) is 4.06. The van der Waals surface area contributed by atoms with Crippen LogP contribution in [0, 0.1) is 0 Å². The maximum absolute atomic E-state index is 13.3. The van der Waals surface area contributed by atoms with Crippen LogP contribution in [0.5, 0.6) is 0 Å². The number of benzene rings is 3. The Kier molecular flexibility index (Phi) is 6.83. The molecule has 1 aliphatic rings. The van der Waals surface area contributed by atoms with E-state index >= 15 is 0 Å². The molecule has 1 unspecified atom stereocenters. The molecule has 192 valence electrons. The third-order valence-electron chi connectivity index (χ3n) is 6.81. The lowest BCUT2D eigenvalue weighted by Crippen LogP contribution is -2.45. The van der Waals surface area contributed by atoms with Crippen LogP contribution in [0.15, 0.2) is 97.3 Å². The number of aromatic nitrogens is 1. The molecule has 0 aliphatic carbocycles. The second kappa shape index (κ2) is 10.4. The minimum atomic E-state index is -1.28. The van der Waals surface area contributed by atoms with E-state index in [0.29, 0.717) is 16.8 Å².